The van der Waals surface area contributed by atoms with Crippen LogP contribution >= 0.6 is 0 Å². The Kier molecular flexibility index (Phi) is 9.02. The SMILES string of the molecule is CCCNC(=O)NC(=O)CN(CC)CC(=O)Nc1ccccc1OC. The van der Waals surface area contributed by atoms with Crippen LogP contribution in [0.25, 0.3) is 0 Å². The standard InChI is InChI=1S/C17H26N4O4/c1-4-10-18-17(24)20-16(23)12-21(5-2)11-15(22)19-13-8-6-7-9-14(13)25-3/h6-9H,4-5,10-12H2,1-3H3,(H,19,22)(H2,18,20,23,24). The van der Waals surface area contributed by atoms with Gasteiger partial charge in [0.2, 0.25) is 11.8 Å². The predicted octanol–water partition coefficient (Wildman–Crippen LogP) is 1.19. The van der Waals surface area contributed by atoms with Crippen LogP contribution in [0.3, 0.4) is 0 Å². The van der Waals surface area contributed by atoms with E-state index in [1.807, 2.05) is 13.8 Å². The highest BCUT2D eigenvalue weighted by Crippen LogP contribution is 2.22. The minimum absolute atomic E-state index is 0.0263. The van der Waals surface area contributed by atoms with Gasteiger partial charge < -0.3 is 15.4 Å². The molecule has 8 heteroatoms. The Morgan fingerprint density at radius 3 is 2.40 bits per heavy atom. The maximum atomic E-state index is 12.2. The van der Waals surface area contributed by atoms with Gasteiger partial charge in [-0.15, -0.1) is 0 Å². The topological polar surface area (TPSA) is 99.8 Å². The molecule has 8 nitrogen and oxygen atoms in total. The Labute approximate surface area is 147 Å². The Hall–Kier alpha value is -2.61. The molecule has 0 heterocycles. The minimum atomic E-state index is -0.527. The lowest BCUT2D eigenvalue weighted by Crippen LogP contribution is -2.46. The van der Waals surface area contributed by atoms with Crippen LogP contribution < -0.4 is 20.7 Å². The van der Waals surface area contributed by atoms with Crippen molar-refractivity contribution in [3.63, 3.8) is 0 Å². The van der Waals surface area contributed by atoms with Crippen molar-refractivity contribution in [3.8, 4) is 5.75 Å². The first-order valence-corrected chi connectivity index (χ1v) is 8.23. The van der Waals surface area contributed by atoms with E-state index >= 15 is 0 Å². The number of nitrogens with zero attached hydrogens (tertiary/aromatic N) is 1. The van der Waals surface area contributed by atoms with E-state index in [1.165, 1.54) is 7.11 Å². The number of hydrogen-bond acceptors (Lipinski definition) is 5. The lowest BCUT2D eigenvalue weighted by molar-refractivity contribution is -0.122. The van der Waals surface area contributed by atoms with Gasteiger partial charge in [-0.1, -0.05) is 26.0 Å². The minimum Gasteiger partial charge on any atom is -0.495 e. The van der Waals surface area contributed by atoms with Crippen molar-refractivity contribution in [2.45, 2.75) is 20.3 Å². The molecule has 0 saturated heterocycles. The van der Waals surface area contributed by atoms with E-state index in [2.05, 4.69) is 16.0 Å². The lowest BCUT2D eigenvalue weighted by atomic mass is 10.3. The number of carbonyl (C=O) groups excluding carboxylic acids is 3. The second kappa shape index (κ2) is 11.0. The Bertz CT molecular complexity index is 592. The van der Waals surface area contributed by atoms with E-state index in [9.17, 15) is 14.4 Å². The van der Waals surface area contributed by atoms with E-state index in [-0.39, 0.29) is 19.0 Å². The molecule has 1 aromatic rings. The summed E-state index contributed by atoms with van der Waals surface area (Å²) in [5.41, 5.74) is 0.564. The maximum absolute atomic E-state index is 12.2. The summed E-state index contributed by atoms with van der Waals surface area (Å²) < 4.78 is 5.18. The molecule has 0 radical (unpaired) electrons. The number of likely N-dealkylation sites (N-methyl/N-ethyl adjacent to an activating group) is 1. The number of nitrogens with one attached hydrogen (secondary N) is 3. The van der Waals surface area contributed by atoms with Crippen LogP contribution in [0.4, 0.5) is 10.5 Å². The van der Waals surface area contributed by atoms with Crippen LogP contribution in [0.15, 0.2) is 24.3 Å². The monoisotopic (exact) mass is 350 g/mol. The molecule has 0 aromatic heterocycles. The summed E-state index contributed by atoms with van der Waals surface area (Å²) >= 11 is 0. The molecule has 1 aromatic carbocycles. The fourth-order valence-corrected chi connectivity index (χ4v) is 2.07. The first-order valence-electron chi connectivity index (χ1n) is 8.23. The zero-order valence-electron chi connectivity index (χ0n) is 14.9. The molecule has 0 unspecified atom stereocenters. The smallest absolute Gasteiger partial charge is 0.321 e. The van der Waals surface area contributed by atoms with Gasteiger partial charge in [0.15, 0.2) is 0 Å². The van der Waals surface area contributed by atoms with Crippen LogP contribution in [0.1, 0.15) is 20.3 Å². The number of urea groups is 1. The van der Waals surface area contributed by atoms with Crippen molar-refractivity contribution in [2.75, 3.05) is 38.6 Å². The molecule has 1 rings (SSSR count). The molecule has 4 amide bonds. The molecule has 3 N–H and O–H groups in total. The van der Waals surface area contributed by atoms with E-state index < -0.39 is 11.9 Å². The molecule has 138 valence electrons. The van der Waals surface area contributed by atoms with Gasteiger partial charge in [0.25, 0.3) is 0 Å². The molecular weight excluding hydrogens is 324 g/mol. The first kappa shape index (κ1) is 20.4. The number of para-hydroxylation sites is 2. The fraction of sp³-hybridized carbons (Fsp3) is 0.471. The summed E-state index contributed by atoms with van der Waals surface area (Å²) in [7, 11) is 1.53. The lowest BCUT2D eigenvalue weighted by Gasteiger charge is -2.19. The van der Waals surface area contributed by atoms with Crippen molar-refractivity contribution >= 4 is 23.5 Å². The highest BCUT2D eigenvalue weighted by atomic mass is 16.5. The van der Waals surface area contributed by atoms with Crippen LogP contribution in [0.5, 0.6) is 5.75 Å². The van der Waals surface area contributed by atoms with E-state index in [1.54, 1.807) is 29.2 Å². The average Bonchev–Trinajstić information content (AvgIpc) is 2.59. The number of methoxy groups -OCH3 is 1. The average molecular weight is 350 g/mol. The Morgan fingerprint density at radius 2 is 1.76 bits per heavy atom. The highest BCUT2D eigenvalue weighted by molar-refractivity contribution is 5.96. The Balaban J connectivity index is 2.50. The van der Waals surface area contributed by atoms with Gasteiger partial charge in [0.05, 0.1) is 25.9 Å². The molecule has 0 aliphatic carbocycles. The van der Waals surface area contributed by atoms with E-state index in [4.69, 9.17) is 4.74 Å². The van der Waals surface area contributed by atoms with Gasteiger partial charge in [-0.3, -0.25) is 19.8 Å². The van der Waals surface area contributed by atoms with Gasteiger partial charge >= 0.3 is 6.03 Å². The normalized spacial score (nSPS) is 10.2. The maximum Gasteiger partial charge on any atom is 0.321 e. The predicted molar refractivity (Wildman–Crippen MR) is 95.6 cm³/mol. The zero-order chi connectivity index (χ0) is 18.7. The Morgan fingerprint density at radius 1 is 1.08 bits per heavy atom. The number of benzene rings is 1. The molecule has 0 fully saturated rings. The van der Waals surface area contributed by atoms with Gasteiger partial charge in [-0.25, -0.2) is 4.79 Å². The largest absolute Gasteiger partial charge is 0.495 e. The van der Waals surface area contributed by atoms with Crippen LogP contribution in [-0.4, -0.2) is 56.0 Å². The quantitative estimate of drug-likeness (QED) is 0.621. The van der Waals surface area contributed by atoms with Gasteiger partial charge in [0.1, 0.15) is 5.75 Å². The number of hydrogen-bond donors (Lipinski definition) is 3. The van der Waals surface area contributed by atoms with Crippen molar-refractivity contribution in [3.05, 3.63) is 24.3 Å². The van der Waals surface area contributed by atoms with Gasteiger partial charge in [-0.2, -0.15) is 0 Å². The number of imide groups is 1. The summed E-state index contributed by atoms with van der Waals surface area (Å²) in [6, 6.07) is 6.55. The molecule has 0 spiro atoms. The zero-order valence-corrected chi connectivity index (χ0v) is 14.9. The van der Waals surface area contributed by atoms with Crippen LogP contribution in [0.2, 0.25) is 0 Å². The summed E-state index contributed by atoms with van der Waals surface area (Å²) in [6.07, 6.45) is 0.784. The van der Waals surface area contributed by atoms with Gasteiger partial charge in [-0.05, 0) is 25.1 Å². The molecule has 0 aliphatic heterocycles. The molecular formula is C17H26N4O4. The summed E-state index contributed by atoms with van der Waals surface area (Å²) in [6.45, 7) is 4.72. The number of anilines is 1. The van der Waals surface area contributed by atoms with Crippen LogP contribution in [-0.2, 0) is 9.59 Å². The van der Waals surface area contributed by atoms with Crippen molar-refractivity contribution in [2.24, 2.45) is 0 Å². The second-order valence-electron chi connectivity index (χ2n) is 5.36. The third kappa shape index (κ3) is 7.67. The molecule has 0 saturated carbocycles. The molecule has 0 bridgehead atoms. The molecule has 25 heavy (non-hydrogen) atoms. The number of amides is 4. The van der Waals surface area contributed by atoms with E-state index in [0.717, 1.165) is 6.42 Å². The van der Waals surface area contributed by atoms with Crippen molar-refractivity contribution in [1.82, 2.24) is 15.5 Å². The van der Waals surface area contributed by atoms with Crippen LogP contribution in [0, 0.1) is 0 Å². The third-order valence-electron chi connectivity index (χ3n) is 3.35. The van der Waals surface area contributed by atoms with Crippen molar-refractivity contribution in [1.29, 1.82) is 0 Å². The summed E-state index contributed by atoms with van der Waals surface area (Å²) in [5, 5.41) is 7.55. The summed E-state index contributed by atoms with van der Waals surface area (Å²) in [5.74, 6) is -0.167. The third-order valence-corrected chi connectivity index (χ3v) is 3.35. The van der Waals surface area contributed by atoms with E-state index in [0.29, 0.717) is 24.5 Å². The number of ether oxygens (including phenoxy) is 1. The summed E-state index contributed by atoms with van der Waals surface area (Å²) in [4.78, 5) is 37.1. The first-order chi connectivity index (χ1) is 12.0. The number of carbonyl (C=O) groups is 3. The van der Waals surface area contributed by atoms with Gasteiger partial charge in [0, 0.05) is 6.54 Å². The fourth-order valence-electron chi connectivity index (χ4n) is 2.07. The highest BCUT2D eigenvalue weighted by Gasteiger charge is 2.15. The number of rotatable bonds is 9. The second-order valence-corrected chi connectivity index (χ2v) is 5.36. The molecule has 0 atom stereocenters. The molecule has 0 aliphatic rings. The van der Waals surface area contributed by atoms with Crippen molar-refractivity contribution < 1.29 is 19.1 Å².